The third-order valence-corrected chi connectivity index (χ3v) is 2.37. The number of carbonyl (C=O) groups is 1. The van der Waals surface area contributed by atoms with Crippen LogP contribution in [0.1, 0.15) is 6.92 Å². The number of urea groups is 1. The van der Waals surface area contributed by atoms with E-state index in [2.05, 4.69) is 26.6 Å². The second-order valence-corrected chi connectivity index (χ2v) is 4.02. The van der Waals surface area contributed by atoms with Crippen molar-refractivity contribution >= 4 is 27.6 Å². The SMILES string of the molecule is CC(O)CNC(=O)Nc1ccccc1Br. The molecule has 0 heterocycles. The van der Waals surface area contributed by atoms with E-state index in [4.69, 9.17) is 5.11 Å². The molecule has 0 aliphatic carbocycles. The topological polar surface area (TPSA) is 61.4 Å². The fraction of sp³-hybridized carbons (Fsp3) is 0.300. The molecule has 1 atom stereocenters. The lowest BCUT2D eigenvalue weighted by Crippen LogP contribution is -2.34. The van der Waals surface area contributed by atoms with Gasteiger partial charge in [-0.1, -0.05) is 12.1 Å². The summed E-state index contributed by atoms with van der Waals surface area (Å²) in [5, 5.41) is 14.2. The number of anilines is 1. The Hall–Kier alpha value is -1.07. The van der Waals surface area contributed by atoms with Gasteiger partial charge in [-0.3, -0.25) is 0 Å². The number of aliphatic hydroxyl groups excluding tert-OH is 1. The van der Waals surface area contributed by atoms with E-state index in [-0.39, 0.29) is 12.6 Å². The summed E-state index contributed by atoms with van der Waals surface area (Å²) in [5.41, 5.74) is 0.695. The number of benzene rings is 1. The van der Waals surface area contributed by atoms with E-state index >= 15 is 0 Å². The molecule has 0 bridgehead atoms. The molecule has 3 N–H and O–H groups in total. The van der Waals surface area contributed by atoms with Gasteiger partial charge in [-0.2, -0.15) is 0 Å². The standard InChI is InChI=1S/C10H13BrN2O2/c1-7(14)6-12-10(15)13-9-5-3-2-4-8(9)11/h2-5,7,14H,6H2,1H3,(H2,12,13,15). The molecular formula is C10H13BrN2O2. The first-order valence-corrected chi connectivity index (χ1v) is 5.36. The third-order valence-electron chi connectivity index (χ3n) is 1.68. The smallest absolute Gasteiger partial charge is 0.319 e. The van der Waals surface area contributed by atoms with E-state index in [0.29, 0.717) is 5.69 Å². The van der Waals surface area contributed by atoms with Crippen molar-refractivity contribution in [2.24, 2.45) is 0 Å². The minimum absolute atomic E-state index is 0.232. The van der Waals surface area contributed by atoms with Crippen LogP contribution < -0.4 is 10.6 Å². The molecular weight excluding hydrogens is 260 g/mol. The van der Waals surface area contributed by atoms with Crippen molar-refractivity contribution in [3.63, 3.8) is 0 Å². The largest absolute Gasteiger partial charge is 0.392 e. The lowest BCUT2D eigenvalue weighted by molar-refractivity contribution is 0.190. The second kappa shape index (κ2) is 5.72. The first-order valence-electron chi connectivity index (χ1n) is 4.57. The van der Waals surface area contributed by atoms with Crippen molar-refractivity contribution in [1.82, 2.24) is 5.32 Å². The van der Waals surface area contributed by atoms with Crippen LogP contribution in [0.25, 0.3) is 0 Å². The summed E-state index contributed by atoms with van der Waals surface area (Å²) in [4.78, 5) is 11.3. The van der Waals surface area contributed by atoms with Crippen LogP contribution >= 0.6 is 15.9 Å². The molecule has 1 aromatic carbocycles. The van der Waals surface area contributed by atoms with Gasteiger partial charge in [0.1, 0.15) is 0 Å². The Morgan fingerprint density at radius 3 is 2.80 bits per heavy atom. The van der Waals surface area contributed by atoms with Gasteiger partial charge in [0.25, 0.3) is 0 Å². The predicted molar refractivity (Wildman–Crippen MR) is 62.8 cm³/mol. The fourth-order valence-corrected chi connectivity index (χ4v) is 1.35. The van der Waals surface area contributed by atoms with Gasteiger partial charge in [0.2, 0.25) is 0 Å². The maximum absolute atomic E-state index is 11.3. The van der Waals surface area contributed by atoms with Gasteiger partial charge in [0.15, 0.2) is 0 Å². The lowest BCUT2D eigenvalue weighted by atomic mass is 10.3. The van der Waals surface area contributed by atoms with Crippen LogP contribution in [0.5, 0.6) is 0 Å². The van der Waals surface area contributed by atoms with E-state index in [9.17, 15) is 4.79 Å². The summed E-state index contributed by atoms with van der Waals surface area (Å²) in [6, 6.07) is 6.98. The Balaban J connectivity index is 2.48. The highest BCUT2D eigenvalue weighted by Gasteiger charge is 2.04. The average Bonchev–Trinajstić information content (AvgIpc) is 2.18. The molecule has 0 radical (unpaired) electrons. The molecule has 0 fully saturated rings. The van der Waals surface area contributed by atoms with E-state index in [1.807, 2.05) is 18.2 Å². The van der Waals surface area contributed by atoms with Crippen LogP contribution in [-0.4, -0.2) is 23.8 Å². The molecule has 1 aromatic rings. The Labute approximate surface area is 96.8 Å². The number of carbonyl (C=O) groups excluding carboxylic acids is 1. The lowest BCUT2D eigenvalue weighted by Gasteiger charge is -2.09. The highest BCUT2D eigenvalue weighted by Crippen LogP contribution is 2.20. The Bertz CT molecular complexity index is 342. The Kier molecular flexibility index (Phi) is 4.58. The summed E-state index contributed by atoms with van der Waals surface area (Å²) in [6.07, 6.45) is -0.546. The van der Waals surface area contributed by atoms with Crippen molar-refractivity contribution in [1.29, 1.82) is 0 Å². The molecule has 0 saturated carbocycles. The van der Waals surface area contributed by atoms with E-state index < -0.39 is 6.10 Å². The van der Waals surface area contributed by atoms with Crippen LogP contribution in [0.2, 0.25) is 0 Å². The number of para-hydroxylation sites is 1. The van der Waals surface area contributed by atoms with Gasteiger partial charge in [0, 0.05) is 11.0 Å². The van der Waals surface area contributed by atoms with E-state index in [0.717, 1.165) is 4.47 Å². The number of hydrogen-bond donors (Lipinski definition) is 3. The summed E-state index contributed by atoms with van der Waals surface area (Å²) in [6.45, 7) is 1.84. The number of rotatable bonds is 3. The maximum Gasteiger partial charge on any atom is 0.319 e. The number of amides is 2. The molecule has 82 valence electrons. The molecule has 0 aromatic heterocycles. The van der Waals surface area contributed by atoms with Gasteiger partial charge in [-0.05, 0) is 35.0 Å². The van der Waals surface area contributed by atoms with Crippen LogP contribution in [0.3, 0.4) is 0 Å². The molecule has 0 aliphatic heterocycles. The number of nitrogens with one attached hydrogen (secondary N) is 2. The molecule has 1 rings (SSSR count). The zero-order valence-corrected chi connectivity index (χ0v) is 9.91. The van der Waals surface area contributed by atoms with Crippen LogP contribution in [0, 0.1) is 0 Å². The summed E-state index contributed by atoms with van der Waals surface area (Å²) < 4.78 is 0.817. The first kappa shape index (κ1) is 12.0. The fourth-order valence-electron chi connectivity index (χ4n) is 0.969. The molecule has 1 unspecified atom stereocenters. The third kappa shape index (κ3) is 4.31. The number of halogens is 1. The maximum atomic E-state index is 11.3. The van der Waals surface area contributed by atoms with Gasteiger partial charge >= 0.3 is 6.03 Å². The molecule has 0 aliphatic rings. The van der Waals surface area contributed by atoms with Gasteiger partial charge in [-0.25, -0.2) is 4.79 Å². The minimum Gasteiger partial charge on any atom is -0.392 e. The van der Waals surface area contributed by atoms with Gasteiger partial charge < -0.3 is 15.7 Å². The number of aliphatic hydroxyl groups is 1. The monoisotopic (exact) mass is 272 g/mol. The highest BCUT2D eigenvalue weighted by atomic mass is 79.9. The van der Waals surface area contributed by atoms with Crippen LogP contribution in [-0.2, 0) is 0 Å². The average molecular weight is 273 g/mol. The normalized spacial score (nSPS) is 11.9. The molecule has 15 heavy (non-hydrogen) atoms. The molecule has 0 saturated heterocycles. The van der Waals surface area contributed by atoms with Crippen molar-refractivity contribution in [2.75, 3.05) is 11.9 Å². The number of hydrogen-bond acceptors (Lipinski definition) is 2. The van der Waals surface area contributed by atoms with E-state index in [1.165, 1.54) is 0 Å². The van der Waals surface area contributed by atoms with Crippen molar-refractivity contribution < 1.29 is 9.90 Å². The zero-order valence-electron chi connectivity index (χ0n) is 8.33. The molecule has 4 nitrogen and oxygen atoms in total. The van der Waals surface area contributed by atoms with Crippen molar-refractivity contribution in [3.05, 3.63) is 28.7 Å². The van der Waals surface area contributed by atoms with Crippen LogP contribution in [0.4, 0.5) is 10.5 Å². The zero-order chi connectivity index (χ0) is 11.3. The minimum atomic E-state index is -0.546. The van der Waals surface area contributed by atoms with Crippen molar-refractivity contribution in [3.8, 4) is 0 Å². The van der Waals surface area contributed by atoms with E-state index in [1.54, 1.807) is 13.0 Å². The predicted octanol–water partition coefficient (Wildman–Crippen LogP) is 1.95. The molecule has 2 amide bonds. The van der Waals surface area contributed by atoms with Crippen molar-refractivity contribution in [2.45, 2.75) is 13.0 Å². The Morgan fingerprint density at radius 2 is 2.20 bits per heavy atom. The van der Waals surface area contributed by atoms with Crippen LogP contribution in [0.15, 0.2) is 28.7 Å². The molecule has 0 spiro atoms. The first-order chi connectivity index (χ1) is 7.09. The second-order valence-electron chi connectivity index (χ2n) is 3.16. The van der Waals surface area contributed by atoms with Gasteiger partial charge in [-0.15, -0.1) is 0 Å². The highest BCUT2D eigenvalue weighted by molar-refractivity contribution is 9.10. The summed E-state index contributed by atoms with van der Waals surface area (Å²) in [5.74, 6) is 0. The molecule has 5 heteroatoms. The Morgan fingerprint density at radius 1 is 1.53 bits per heavy atom. The summed E-state index contributed by atoms with van der Waals surface area (Å²) in [7, 11) is 0. The summed E-state index contributed by atoms with van der Waals surface area (Å²) >= 11 is 3.31. The quantitative estimate of drug-likeness (QED) is 0.788. The van der Waals surface area contributed by atoms with Gasteiger partial charge in [0.05, 0.1) is 11.8 Å².